The summed E-state index contributed by atoms with van der Waals surface area (Å²) in [4.78, 5) is 25.7. The molecule has 33 heavy (non-hydrogen) atoms. The maximum absolute atomic E-state index is 13.0. The van der Waals surface area contributed by atoms with Gasteiger partial charge in [-0.25, -0.2) is 13.8 Å². The van der Waals surface area contributed by atoms with E-state index in [4.69, 9.17) is 0 Å². The van der Waals surface area contributed by atoms with Crippen molar-refractivity contribution >= 4 is 28.3 Å². The highest BCUT2D eigenvalue weighted by Crippen LogP contribution is 2.29. The van der Waals surface area contributed by atoms with Crippen molar-refractivity contribution in [2.24, 2.45) is 0 Å². The Bertz CT molecular complexity index is 1330. The Morgan fingerprint density at radius 3 is 2.58 bits per heavy atom. The van der Waals surface area contributed by atoms with Crippen molar-refractivity contribution in [3.63, 3.8) is 0 Å². The average molecular weight is 447 g/mol. The lowest BCUT2D eigenvalue weighted by atomic mass is 10.00. The second kappa shape index (κ2) is 9.28. The van der Waals surface area contributed by atoms with Gasteiger partial charge >= 0.3 is 0 Å². The van der Waals surface area contributed by atoms with Crippen LogP contribution in [0.25, 0.3) is 22.0 Å². The fraction of sp³-hybridized carbons (Fsp3) is 0.200. The summed E-state index contributed by atoms with van der Waals surface area (Å²) in [5.41, 5.74) is 4.66. The van der Waals surface area contributed by atoms with Gasteiger partial charge in [-0.3, -0.25) is 14.8 Å². The number of carbonyl (C=O) groups is 1. The Kier molecular flexibility index (Phi) is 6.26. The molecule has 0 fully saturated rings. The molecule has 1 atom stereocenters. The van der Waals surface area contributed by atoms with Crippen LogP contribution in [-0.2, 0) is 0 Å². The maximum Gasteiger partial charge on any atom is 0.274 e. The van der Waals surface area contributed by atoms with Crippen LogP contribution < -0.4 is 10.6 Å². The molecule has 0 unspecified atom stereocenters. The van der Waals surface area contributed by atoms with E-state index in [1.165, 1.54) is 25.3 Å². The Hall–Kier alpha value is -3.94. The lowest BCUT2D eigenvalue weighted by molar-refractivity contribution is 0.102. The summed E-state index contributed by atoms with van der Waals surface area (Å²) in [6, 6.07) is 12.3. The molecule has 1 amide bonds. The zero-order valence-corrected chi connectivity index (χ0v) is 18.4. The zero-order chi connectivity index (χ0) is 23.5. The van der Waals surface area contributed by atoms with Gasteiger partial charge in [0.25, 0.3) is 5.91 Å². The fourth-order valence-electron chi connectivity index (χ4n) is 3.51. The van der Waals surface area contributed by atoms with Crippen molar-refractivity contribution in [1.29, 1.82) is 0 Å². The van der Waals surface area contributed by atoms with Crippen LogP contribution in [0.3, 0.4) is 0 Å². The molecule has 8 heteroatoms. The minimum atomic E-state index is -2.52. The van der Waals surface area contributed by atoms with Crippen molar-refractivity contribution in [3.05, 3.63) is 77.9 Å². The molecule has 0 aliphatic rings. The number of pyridine rings is 3. The van der Waals surface area contributed by atoms with E-state index in [0.717, 1.165) is 33.4 Å². The van der Waals surface area contributed by atoms with Crippen LogP contribution in [0.1, 0.15) is 34.5 Å². The van der Waals surface area contributed by atoms with Gasteiger partial charge in [0.15, 0.2) is 0 Å². The molecular formula is C25H23F2N5O. The summed E-state index contributed by atoms with van der Waals surface area (Å²) < 4.78 is 26.1. The molecule has 4 aromatic rings. The Balaban J connectivity index is 1.61. The minimum absolute atomic E-state index is 0.0842. The monoisotopic (exact) mass is 447 g/mol. The normalized spacial score (nSPS) is 12.1. The summed E-state index contributed by atoms with van der Waals surface area (Å²) in [5.74, 6) is -0.706. The van der Waals surface area contributed by atoms with Gasteiger partial charge in [0.05, 0.1) is 5.52 Å². The number of benzene rings is 1. The van der Waals surface area contributed by atoms with E-state index >= 15 is 0 Å². The molecule has 2 N–H and O–H groups in total. The average Bonchev–Trinajstić information content (AvgIpc) is 2.84. The van der Waals surface area contributed by atoms with Crippen LogP contribution in [-0.4, -0.2) is 34.3 Å². The summed E-state index contributed by atoms with van der Waals surface area (Å²) >= 11 is 0. The molecule has 168 valence electrons. The van der Waals surface area contributed by atoms with E-state index in [1.807, 2.05) is 31.2 Å². The predicted molar refractivity (Wildman–Crippen MR) is 126 cm³/mol. The molecule has 0 spiro atoms. The molecule has 3 heterocycles. The second-order valence-electron chi connectivity index (χ2n) is 7.82. The lowest BCUT2D eigenvalue weighted by Crippen LogP contribution is -2.15. The first kappa shape index (κ1) is 22.3. The number of aromatic nitrogens is 3. The van der Waals surface area contributed by atoms with E-state index in [-0.39, 0.29) is 5.69 Å². The van der Waals surface area contributed by atoms with Crippen LogP contribution in [0, 0.1) is 6.92 Å². The topological polar surface area (TPSA) is 79.8 Å². The Labute approximate surface area is 190 Å². The van der Waals surface area contributed by atoms with Crippen molar-refractivity contribution in [3.8, 4) is 11.1 Å². The van der Waals surface area contributed by atoms with Crippen molar-refractivity contribution < 1.29 is 13.6 Å². The van der Waals surface area contributed by atoms with E-state index in [2.05, 4.69) is 25.6 Å². The van der Waals surface area contributed by atoms with Crippen molar-refractivity contribution in [1.82, 2.24) is 15.0 Å². The first-order chi connectivity index (χ1) is 15.9. The molecule has 3 aromatic heterocycles. The predicted octanol–water partition coefficient (Wildman–Crippen LogP) is 5.66. The zero-order valence-electron chi connectivity index (χ0n) is 18.4. The number of amides is 1. The van der Waals surface area contributed by atoms with E-state index in [9.17, 15) is 13.6 Å². The highest BCUT2D eigenvalue weighted by atomic mass is 19.3. The highest BCUT2D eigenvalue weighted by Gasteiger charge is 2.19. The number of anilines is 2. The molecule has 0 saturated carbocycles. The SMILES string of the molecule is CNc1cc2ncc(-c3cc(NC(=O)c4cc([C@H](C)C(F)F)ccn4)ccc3C)cc2cn1. The molecule has 0 aliphatic carbocycles. The molecule has 0 bridgehead atoms. The number of aryl methyl sites for hydroxylation is 1. The third-order valence-corrected chi connectivity index (χ3v) is 5.55. The molecule has 4 rings (SSSR count). The standard InChI is InChI=1S/C25H23F2N5O/c1-14-4-5-19(32-25(33)22-9-16(6-7-29-22)15(2)24(26)27)10-20(14)17-8-18-13-31-23(28-3)11-21(18)30-12-17/h4-13,15,24H,1-3H3,(H,28,31)(H,32,33)/t15-/m0/s1. The number of nitrogens with zero attached hydrogens (tertiary/aromatic N) is 3. The molecular weight excluding hydrogens is 424 g/mol. The molecule has 0 radical (unpaired) electrons. The second-order valence-corrected chi connectivity index (χ2v) is 7.82. The number of hydrogen-bond donors (Lipinski definition) is 2. The van der Waals surface area contributed by atoms with Crippen LogP contribution in [0.2, 0.25) is 0 Å². The number of carbonyl (C=O) groups excluding carboxylic acids is 1. The van der Waals surface area contributed by atoms with Crippen LogP contribution >= 0.6 is 0 Å². The minimum Gasteiger partial charge on any atom is -0.373 e. The molecule has 0 aliphatic heterocycles. The highest BCUT2D eigenvalue weighted by molar-refractivity contribution is 6.03. The number of hydrogen-bond acceptors (Lipinski definition) is 5. The van der Waals surface area contributed by atoms with Gasteiger partial charge in [-0.2, -0.15) is 0 Å². The van der Waals surface area contributed by atoms with Crippen LogP contribution in [0.15, 0.2) is 61.1 Å². The van der Waals surface area contributed by atoms with Gasteiger partial charge in [-0.15, -0.1) is 0 Å². The number of rotatable bonds is 6. The molecule has 6 nitrogen and oxygen atoms in total. The number of halogens is 2. The van der Waals surface area contributed by atoms with Gasteiger partial charge in [-0.05, 0) is 53.9 Å². The van der Waals surface area contributed by atoms with Crippen molar-refractivity contribution in [2.45, 2.75) is 26.2 Å². The lowest BCUT2D eigenvalue weighted by Gasteiger charge is -2.13. The summed E-state index contributed by atoms with van der Waals surface area (Å²) in [5, 5.41) is 6.71. The largest absolute Gasteiger partial charge is 0.373 e. The van der Waals surface area contributed by atoms with Gasteiger partial charge < -0.3 is 10.6 Å². The third-order valence-electron chi connectivity index (χ3n) is 5.55. The van der Waals surface area contributed by atoms with Crippen molar-refractivity contribution in [2.75, 3.05) is 17.7 Å². The van der Waals surface area contributed by atoms with Crippen LogP contribution in [0.4, 0.5) is 20.3 Å². The van der Waals surface area contributed by atoms with Gasteiger partial charge in [0.2, 0.25) is 6.43 Å². The van der Waals surface area contributed by atoms with Gasteiger partial charge in [0.1, 0.15) is 11.5 Å². The summed E-state index contributed by atoms with van der Waals surface area (Å²) in [7, 11) is 1.80. The first-order valence-corrected chi connectivity index (χ1v) is 10.5. The number of nitrogens with one attached hydrogen (secondary N) is 2. The fourth-order valence-corrected chi connectivity index (χ4v) is 3.51. The third kappa shape index (κ3) is 4.79. The molecule has 1 aromatic carbocycles. The smallest absolute Gasteiger partial charge is 0.274 e. The van der Waals surface area contributed by atoms with E-state index in [1.54, 1.807) is 25.5 Å². The summed E-state index contributed by atoms with van der Waals surface area (Å²) in [6.45, 7) is 3.39. The quantitative estimate of drug-likeness (QED) is 0.399. The van der Waals surface area contributed by atoms with Gasteiger partial charge in [0, 0.05) is 54.3 Å². The van der Waals surface area contributed by atoms with E-state index in [0.29, 0.717) is 11.3 Å². The Morgan fingerprint density at radius 1 is 1.00 bits per heavy atom. The molecule has 0 saturated heterocycles. The first-order valence-electron chi connectivity index (χ1n) is 10.5. The number of alkyl halides is 2. The van der Waals surface area contributed by atoms with E-state index < -0.39 is 18.3 Å². The van der Waals surface area contributed by atoms with Gasteiger partial charge in [-0.1, -0.05) is 13.0 Å². The maximum atomic E-state index is 13.0. The van der Waals surface area contributed by atoms with Crippen LogP contribution in [0.5, 0.6) is 0 Å². The summed E-state index contributed by atoms with van der Waals surface area (Å²) in [6.07, 6.45) is 2.40. The number of fused-ring (bicyclic) bond motifs is 1. The Morgan fingerprint density at radius 2 is 1.82 bits per heavy atom.